The van der Waals surface area contributed by atoms with E-state index < -0.39 is 29.7 Å². The molecule has 4 amide bonds. The van der Waals surface area contributed by atoms with Gasteiger partial charge in [-0.3, -0.25) is 29.4 Å². The Morgan fingerprint density at radius 2 is 1.65 bits per heavy atom. The number of carbonyl (C=O) groups excluding carboxylic acids is 4. The van der Waals surface area contributed by atoms with Crippen molar-refractivity contribution in [2.75, 3.05) is 59.7 Å². The molecule has 2 aromatic carbocycles. The van der Waals surface area contributed by atoms with Crippen molar-refractivity contribution in [3.8, 4) is 0 Å². The van der Waals surface area contributed by atoms with E-state index in [0.29, 0.717) is 40.6 Å². The minimum Gasteiger partial charge on any atom is -0.383 e. The highest BCUT2D eigenvalue weighted by atomic mass is 35.5. The summed E-state index contributed by atoms with van der Waals surface area (Å²) in [5, 5.41) is 9.77. The second-order valence-electron chi connectivity index (χ2n) is 10.3. The number of halogens is 2. The lowest BCUT2D eigenvalue weighted by Gasteiger charge is -2.36. The number of piperazine rings is 1. The highest BCUT2D eigenvalue weighted by molar-refractivity contribution is 6.42. The number of hydrogen-bond donors (Lipinski definition) is 3. The molecule has 3 aliphatic rings. The number of amides is 4. The molecule has 1 atom stereocenters. The molecule has 1 unspecified atom stereocenters. The second-order valence-corrected chi connectivity index (χ2v) is 11.2. The highest BCUT2D eigenvalue weighted by Crippen LogP contribution is 2.32. The Bertz CT molecular complexity index is 1610. The number of carbonyl (C=O) groups is 4. The van der Waals surface area contributed by atoms with Gasteiger partial charge in [0.25, 0.3) is 11.8 Å². The van der Waals surface area contributed by atoms with Crippen molar-refractivity contribution >= 4 is 70.0 Å². The summed E-state index contributed by atoms with van der Waals surface area (Å²) in [6.07, 6.45) is 1.89. The van der Waals surface area contributed by atoms with E-state index in [1.807, 2.05) is 12.1 Å². The average Bonchev–Trinajstić information content (AvgIpc) is 3.27. The highest BCUT2D eigenvalue weighted by Gasteiger charge is 2.45. The molecule has 6 rings (SSSR count). The minimum atomic E-state index is -1.01. The first-order chi connectivity index (χ1) is 20.8. The van der Waals surface area contributed by atoms with Crippen molar-refractivity contribution in [3.63, 3.8) is 0 Å². The van der Waals surface area contributed by atoms with Crippen molar-refractivity contribution in [2.45, 2.75) is 18.9 Å². The fraction of sp³-hybridized carbons (Fsp3) is 0.310. The van der Waals surface area contributed by atoms with Gasteiger partial charge in [0.05, 0.1) is 21.2 Å². The maximum absolute atomic E-state index is 13.3. The first-order valence-electron chi connectivity index (χ1n) is 13.9. The van der Waals surface area contributed by atoms with Crippen molar-refractivity contribution in [3.05, 3.63) is 69.8 Å². The average molecular weight is 624 g/mol. The fourth-order valence-corrected chi connectivity index (χ4v) is 5.79. The zero-order valence-electron chi connectivity index (χ0n) is 23.0. The zero-order chi connectivity index (χ0) is 30.1. The molecule has 0 spiro atoms. The number of benzene rings is 2. The Hall–Kier alpha value is -4.42. The van der Waals surface area contributed by atoms with Crippen LogP contribution in [-0.4, -0.2) is 83.8 Å². The molecule has 0 saturated carbocycles. The van der Waals surface area contributed by atoms with Gasteiger partial charge in [-0.25, -0.2) is 4.98 Å². The van der Waals surface area contributed by atoms with Crippen LogP contribution in [0.25, 0.3) is 0 Å². The first kappa shape index (κ1) is 28.7. The van der Waals surface area contributed by atoms with Crippen LogP contribution in [0.4, 0.5) is 23.1 Å². The summed E-state index contributed by atoms with van der Waals surface area (Å²) in [5.41, 5.74) is 1.97. The van der Waals surface area contributed by atoms with E-state index >= 15 is 0 Å². The third-order valence-corrected chi connectivity index (χ3v) is 8.43. The number of aromatic nitrogens is 2. The quantitative estimate of drug-likeness (QED) is 0.254. The summed E-state index contributed by atoms with van der Waals surface area (Å²) in [4.78, 5) is 64.7. The van der Waals surface area contributed by atoms with Gasteiger partial charge in [-0.05, 0) is 42.8 Å². The number of nitrogens with one attached hydrogen (secondary N) is 3. The van der Waals surface area contributed by atoms with Crippen LogP contribution in [0.5, 0.6) is 0 Å². The van der Waals surface area contributed by atoms with Gasteiger partial charge in [0, 0.05) is 63.3 Å². The van der Waals surface area contributed by atoms with Crippen LogP contribution in [-0.2, 0) is 9.59 Å². The summed E-state index contributed by atoms with van der Waals surface area (Å²) in [7, 11) is 0. The van der Waals surface area contributed by atoms with Gasteiger partial charge in [-0.15, -0.1) is 0 Å². The third kappa shape index (κ3) is 5.80. The molecule has 222 valence electrons. The molecule has 3 aliphatic heterocycles. The summed E-state index contributed by atoms with van der Waals surface area (Å²) in [6.45, 7) is 3.96. The van der Waals surface area contributed by atoms with Crippen LogP contribution in [0.15, 0.2) is 48.7 Å². The van der Waals surface area contributed by atoms with E-state index in [1.54, 1.807) is 36.5 Å². The molecule has 14 heteroatoms. The SMILES string of the molecule is O=C1CCC(N2C(=O)c3cccc(NCCNc4ccnc(N5CCN(c6ccc(Cl)c(Cl)c6)CC5)n4)c3C2=O)C(=O)N1. The van der Waals surface area contributed by atoms with E-state index in [-0.39, 0.29) is 24.0 Å². The van der Waals surface area contributed by atoms with E-state index in [4.69, 9.17) is 23.2 Å². The smallest absolute Gasteiger partial charge is 0.264 e. The molecule has 2 saturated heterocycles. The van der Waals surface area contributed by atoms with Gasteiger partial charge in [0.2, 0.25) is 17.8 Å². The Kier molecular flexibility index (Phi) is 8.04. The molecular weight excluding hydrogens is 595 g/mol. The number of hydrogen-bond acceptors (Lipinski definition) is 10. The fourth-order valence-electron chi connectivity index (χ4n) is 5.50. The topological polar surface area (TPSA) is 140 Å². The molecule has 0 radical (unpaired) electrons. The first-order valence-corrected chi connectivity index (χ1v) is 14.7. The normalized spacial score (nSPS) is 18.6. The molecule has 0 bridgehead atoms. The summed E-state index contributed by atoms with van der Waals surface area (Å²) >= 11 is 12.2. The maximum Gasteiger partial charge on any atom is 0.264 e. The monoisotopic (exact) mass is 622 g/mol. The Balaban J connectivity index is 1.03. The van der Waals surface area contributed by atoms with Crippen molar-refractivity contribution in [2.24, 2.45) is 0 Å². The van der Waals surface area contributed by atoms with Crippen LogP contribution < -0.4 is 25.8 Å². The standard InChI is InChI=1S/C29H28Cl2N8O4/c30-19-5-4-17(16-20(19)31)37-12-14-38(15-13-37)29-34-9-8-23(35-29)33-11-10-32-21-3-1-2-18-25(21)28(43)39(27(18)42)22-6-7-24(40)36-26(22)41/h1-5,8-9,16,22,32H,6-7,10-15H2,(H,33,34,35)(H,36,40,41). The molecule has 12 nitrogen and oxygen atoms in total. The van der Waals surface area contributed by atoms with Crippen LogP contribution >= 0.6 is 23.2 Å². The van der Waals surface area contributed by atoms with Gasteiger partial charge < -0.3 is 20.4 Å². The predicted octanol–water partition coefficient (Wildman–Crippen LogP) is 3.04. The zero-order valence-corrected chi connectivity index (χ0v) is 24.5. The largest absolute Gasteiger partial charge is 0.383 e. The van der Waals surface area contributed by atoms with Gasteiger partial charge in [0.1, 0.15) is 11.9 Å². The van der Waals surface area contributed by atoms with E-state index in [1.165, 1.54) is 0 Å². The molecule has 0 aliphatic carbocycles. The van der Waals surface area contributed by atoms with Crippen molar-refractivity contribution in [1.82, 2.24) is 20.2 Å². The Labute approximate surface area is 257 Å². The molecule has 1 aromatic heterocycles. The van der Waals surface area contributed by atoms with Gasteiger partial charge >= 0.3 is 0 Å². The summed E-state index contributed by atoms with van der Waals surface area (Å²) < 4.78 is 0. The lowest BCUT2D eigenvalue weighted by molar-refractivity contribution is -0.136. The molecule has 4 heterocycles. The molecule has 3 N–H and O–H groups in total. The Morgan fingerprint density at radius 3 is 2.42 bits per heavy atom. The van der Waals surface area contributed by atoms with Gasteiger partial charge in [-0.2, -0.15) is 4.98 Å². The van der Waals surface area contributed by atoms with Gasteiger partial charge in [0.15, 0.2) is 0 Å². The Morgan fingerprint density at radius 1 is 0.884 bits per heavy atom. The van der Waals surface area contributed by atoms with Crippen LogP contribution in [0.1, 0.15) is 33.6 Å². The van der Waals surface area contributed by atoms with E-state index in [0.717, 1.165) is 36.8 Å². The minimum absolute atomic E-state index is 0.0697. The maximum atomic E-state index is 13.3. The van der Waals surface area contributed by atoms with Crippen molar-refractivity contribution < 1.29 is 19.2 Å². The molecule has 43 heavy (non-hydrogen) atoms. The molecular formula is C29H28Cl2N8O4. The number of nitrogens with zero attached hydrogens (tertiary/aromatic N) is 5. The number of rotatable bonds is 8. The molecule has 3 aromatic rings. The van der Waals surface area contributed by atoms with Crippen LogP contribution in [0.2, 0.25) is 10.0 Å². The second kappa shape index (κ2) is 12.1. The predicted molar refractivity (Wildman–Crippen MR) is 163 cm³/mol. The molecule has 2 fully saturated rings. The summed E-state index contributed by atoms with van der Waals surface area (Å²) in [5.74, 6) is -0.849. The van der Waals surface area contributed by atoms with Crippen LogP contribution in [0, 0.1) is 0 Å². The van der Waals surface area contributed by atoms with E-state index in [2.05, 4.69) is 35.7 Å². The number of piperidine rings is 1. The number of fused-ring (bicyclic) bond motifs is 1. The summed E-state index contributed by atoms with van der Waals surface area (Å²) in [6, 6.07) is 11.4. The van der Waals surface area contributed by atoms with E-state index in [9.17, 15) is 19.2 Å². The van der Waals surface area contributed by atoms with Gasteiger partial charge in [-0.1, -0.05) is 29.3 Å². The number of imide groups is 2. The van der Waals surface area contributed by atoms with Crippen LogP contribution in [0.3, 0.4) is 0 Å². The van der Waals surface area contributed by atoms with Crippen molar-refractivity contribution in [1.29, 1.82) is 0 Å². The lowest BCUT2D eigenvalue weighted by Crippen LogP contribution is -2.54. The number of anilines is 4. The lowest BCUT2D eigenvalue weighted by atomic mass is 10.0. The third-order valence-electron chi connectivity index (χ3n) is 7.69.